The zero-order valence-corrected chi connectivity index (χ0v) is 14.9. The number of hydrogen-bond donors (Lipinski definition) is 0. The highest BCUT2D eigenvalue weighted by Crippen LogP contribution is 2.18. The molecule has 3 rings (SSSR count). The maximum atomic E-state index is 12.8. The van der Waals surface area contributed by atoms with E-state index in [0.29, 0.717) is 0 Å². The summed E-state index contributed by atoms with van der Waals surface area (Å²) in [6, 6.07) is 2.02. The predicted octanol–water partition coefficient (Wildman–Crippen LogP) is 1.00. The molecule has 1 aromatic heterocycles. The molecule has 0 radical (unpaired) electrons. The molecule has 6 heteroatoms. The highest BCUT2D eigenvalue weighted by molar-refractivity contribution is 5.94. The Labute approximate surface area is 145 Å². The Hall–Kier alpha value is -1.66. The predicted molar refractivity (Wildman–Crippen MR) is 96.6 cm³/mol. The highest BCUT2D eigenvalue weighted by atomic mass is 16.2. The van der Waals surface area contributed by atoms with Crippen molar-refractivity contribution in [2.75, 3.05) is 70.3 Å². The van der Waals surface area contributed by atoms with Gasteiger partial charge in [-0.1, -0.05) is 13.8 Å². The molecule has 0 unspecified atom stereocenters. The number of nitrogens with zero attached hydrogens (tertiary/aromatic N) is 5. The van der Waals surface area contributed by atoms with E-state index in [1.54, 1.807) is 6.20 Å². The number of carbonyl (C=O) groups is 1. The summed E-state index contributed by atoms with van der Waals surface area (Å²) < 4.78 is 0. The van der Waals surface area contributed by atoms with Gasteiger partial charge in [0.15, 0.2) is 0 Å². The molecule has 2 aliphatic heterocycles. The highest BCUT2D eigenvalue weighted by Gasteiger charge is 2.23. The van der Waals surface area contributed by atoms with Gasteiger partial charge in [-0.3, -0.25) is 9.78 Å². The molecule has 0 bridgehead atoms. The van der Waals surface area contributed by atoms with Gasteiger partial charge in [0.2, 0.25) is 0 Å². The van der Waals surface area contributed by atoms with Crippen LogP contribution in [0.3, 0.4) is 0 Å². The Bertz CT molecular complexity index is 548. The van der Waals surface area contributed by atoms with Gasteiger partial charge in [0, 0.05) is 58.6 Å². The zero-order valence-electron chi connectivity index (χ0n) is 14.9. The van der Waals surface area contributed by atoms with Crippen LogP contribution in [-0.2, 0) is 0 Å². The van der Waals surface area contributed by atoms with Crippen molar-refractivity contribution in [2.24, 2.45) is 0 Å². The Morgan fingerprint density at radius 2 is 1.50 bits per heavy atom. The quantitative estimate of drug-likeness (QED) is 0.823. The summed E-state index contributed by atoms with van der Waals surface area (Å²) in [5, 5.41) is 0. The molecule has 3 heterocycles. The molecule has 1 aromatic rings. The van der Waals surface area contributed by atoms with E-state index in [1.807, 2.05) is 17.2 Å². The van der Waals surface area contributed by atoms with Gasteiger partial charge in [0.25, 0.3) is 5.91 Å². The van der Waals surface area contributed by atoms with Gasteiger partial charge in [0.05, 0.1) is 17.4 Å². The number of anilines is 1. The third kappa shape index (κ3) is 3.87. The van der Waals surface area contributed by atoms with Crippen molar-refractivity contribution in [3.8, 4) is 0 Å². The van der Waals surface area contributed by atoms with Crippen LogP contribution in [0.5, 0.6) is 0 Å². The Morgan fingerprint density at radius 1 is 0.917 bits per heavy atom. The van der Waals surface area contributed by atoms with Crippen LogP contribution in [0.2, 0.25) is 0 Å². The molecule has 6 nitrogen and oxygen atoms in total. The Morgan fingerprint density at radius 3 is 2.08 bits per heavy atom. The molecule has 0 aromatic carbocycles. The van der Waals surface area contributed by atoms with Crippen molar-refractivity contribution in [3.05, 3.63) is 24.0 Å². The third-order valence-corrected chi connectivity index (χ3v) is 5.26. The zero-order chi connectivity index (χ0) is 16.9. The first kappa shape index (κ1) is 17.2. The smallest absolute Gasteiger partial charge is 0.255 e. The number of pyridine rings is 1. The first-order valence-electron chi connectivity index (χ1n) is 9.15. The summed E-state index contributed by atoms with van der Waals surface area (Å²) in [6.07, 6.45) is 3.59. The van der Waals surface area contributed by atoms with Crippen LogP contribution >= 0.6 is 0 Å². The Balaban J connectivity index is 1.64. The number of hydrogen-bond acceptors (Lipinski definition) is 5. The van der Waals surface area contributed by atoms with E-state index < -0.39 is 0 Å². The maximum Gasteiger partial charge on any atom is 0.255 e. The van der Waals surface area contributed by atoms with E-state index in [2.05, 4.69) is 33.5 Å². The summed E-state index contributed by atoms with van der Waals surface area (Å²) in [5.41, 5.74) is 1.79. The van der Waals surface area contributed by atoms with E-state index in [-0.39, 0.29) is 5.91 Å². The van der Waals surface area contributed by atoms with Gasteiger partial charge >= 0.3 is 0 Å². The monoisotopic (exact) mass is 331 g/mol. The Kier molecular flexibility index (Phi) is 5.68. The lowest BCUT2D eigenvalue weighted by Crippen LogP contribution is -2.48. The van der Waals surface area contributed by atoms with Gasteiger partial charge in [0.1, 0.15) is 0 Å². The molecule has 1 amide bonds. The van der Waals surface area contributed by atoms with E-state index in [4.69, 9.17) is 0 Å². The summed E-state index contributed by atoms with van der Waals surface area (Å²) in [7, 11) is 0. The summed E-state index contributed by atoms with van der Waals surface area (Å²) in [6.45, 7) is 14.3. The number of piperazine rings is 2. The average Bonchev–Trinajstić information content (AvgIpc) is 2.67. The van der Waals surface area contributed by atoms with Crippen LogP contribution < -0.4 is 4.90 Å². The number of carbonyl (C=O) groups excluding carboxylic acids is 1. The van der Waals surface area contributed by atoms with Crippen molar-refractivity contribution in [2.45, 2.75) is 13.8 Å². The van der Waals surface area contributed by atoms with Gasteiger partial charge < -0.3 is 19.6 Å². The van der Waals surface area contributed by atoms with Crippen molar-refractivity contribution in [3.63, 3.8) is 0 Å². The number of aromatic nitrogens is 1. The molecule has 0 aliphatic carbocycles. The fourth-order valence-electron chi connectivity index (χ4n) is 3.49. The van der Waals surface area contributed by atoms with Crippen molar-refractivity contribution in [1.29, 1.82) is 0 Å². The first-order chi connectivity index (χ1) is 11.7. The van der Waals surface area contributed by atoms with Crippen LogP contribution in [-0.4, -0.2) is 91.0 Å². The lowest BCUT2D eigenvalue weighted by Gasteiger charge is -2.36. The lowest BCUT2D eigenvalue weighted by atomic mass is 10.2. The second-order valence-electron chi connectivity index (χ2n) is 6.58. The molecular weight excluding hydrogens is 302 g/mol. The van der Waals surface area contributed by atoms with Crippen LogP contribution in [0.1, 0.15) is 24.2 Å². The van der Waals surface area contributed by atoms with Crippen LogP contribution in [0.15, 0.2) is 18.5 Å². The topological polar surface area (TPSA) is 42.9 Å². The molecule has 0 N–H and O–H groups in total. The molecule has 132 valence electrons. The second-order valence-corrected chi connectivity index (χ2v) is 6.58. The number of amides is 1. The largest absolute Gasteiger partial charge is 0.368 e. The van der Waals surface area contributed by atoms with E-state index in [1.165, 1.54) is 0 Å². The summed E-state index contributed by atoms with van der Waals surface area (Å²) in [4.78, 5) is 26.2. The van der Waals surface area contributed by atoms with Gasteiger partial charge in [-0.05, 0) is 19.2 Å². The van der Waals surface area contributed by atoms with Crippen molar-refractivity contribution >= 4 is 11.6 Å². The van der Waals surface area contributed by atoms with E-state index in [0.717, 1.165) is 76.7 Å². The number of rotatable bonds is 4. The second kappa shape index (κ2) is 7.94. The van der Waals surface area contributed by atoms with Crippen molar-refractivity contribution < 1.29 is 4.79 Å². The molecule has 2 fully saturated rings. The van der Waals surface area contributed by atoms with Crippen molar-refractivity contribution in [1.82, 2.24) is 19.7 Å². The molecule has 0 spiro atoms. The number of likely N-dealkylation sites (N-methyl/N-ethyl adjacent to an activating group) is 2. The summed E-state index contributed by atoms with van der Waals surface area (Å²) in [5.74, 6) is 0.118. The molecular formula is C18H29N5O. The molecule has 0 saturated carbocycles. The van der Waals surface area contributed by atoms with Gasteiger partial charge in [-0.15, -0.1) is 0 Å². The molecule has 24 heavy (non-hydrogen) atoms. The van der Waals surface area contributed by atoms with Gasteiger partial charge in [-0.2, -0.15) is 0 Å². The standard InChI is InChI=1S/C18H29N5O/c1-3-20-5-9-22(10-6-20)17-13-16(14-19-15-17)18(24)23-11-7-21(4-2)8-12-23/h13-15H,3-12H2,1-2H3. The minimum atomic E-state index is 0.118. The fraction of sp³-hybridized carbons (Fsp3) is 0.667. The van der Waals surface area contributed by atoms with E-state index in [9.17, 15) is 4.79 Å². The van der Waals surface area contributed by atoms with Gasteiger partial charge in [-0.25, -0.2) is 0 Å². The normalized spacial score (nSPS) is 20.4. The average molecular weight is 331 g/mol. The first-order valence-corrected chi connectivity index (χ1v) is 9.15. The summed E-state index contributed by atoms with van der Waals surface area (Å²) >= 11 is 0. The minimum absolute atomic E-state index is 0.118. The maximum absolute atomic E-state index is 12.8. The molecule has 2 aliphatic rings. The minimum Gasteiger partial charge on any atom is -0.368 e. The van der Waals surface area contributed by atoms with Crippen LogP contribution in [0.4, 0.5) is 5.69 Å². The molecule has 2 saturated heterocycles. The fourth-order valence-corrected chi connectivity index (χ4v) is 3.49. The van der Waals surface area contributed by atoms with E-state index >= 15 is 0 Å². The lowest BCUT2D eigenvalue weighted by molar-refractivity contribution is 0.0643. The third-order valence-electron chi connectivity index (χ3n) is 5.26. The SMILES string of the molecule is CCN1CCN(C(=O)c2cncc(N3CCN(CC)CC3)c2)CC1. The molecule has 0 atom stereocenters. The van der Waals surface area contributed by atoms with Crippen LogP contribution in [0.25, 0.3) is 0 Å². The van der Waals surface area contributed by atoms with Crippen LogP contribution in [0, 0.1) is 0 Å².